The third-order valence-corrected chi connectivity index (χ3v) is 3.16. The lowest BCUT2D eigenvalue weighted by molar-refractivity contribution is -0.141. The summed E-state index contributed by atoms with van der Waals surface area (Å²) in [6.07, 6.45) is -0.0263. The molecule has 2 N–H and O–H groups in total. The van der Waals surface area contributed by atoms with E-state index in [1.165, 1.54) is 19.1 Å². The molecule has 0 saturated carbocycles. The molecular formula is C11H12FNO5S. The fourth-order valence-corrected chi connectivity index (χ4v) is 1.93. The highest BCUT2D eigenvalue weighted by Crippen LogP contribution is 2.14. The summed E-state index contributed by atoms with van der Waals surface area (Å²) in [6.45, 7) is 1.19. The van der Waals surface area contributed by atoms with Gasteiger partial charge in [-0.3, -0.25) is 4.79 Å². The SMILES string of the molecule is CC(=O)N[C@@H](Cc1ccc(S(=O)(=O)F)cc1)C(=O)O. The fraction of sp³-hybridized carbons (Fsp3) is 0.273. The molecule has 0 aromatic heterocycles. The first kappa shape index (κ1) is 15.1. The summed E-state index contributed by atoms with van der Waals surface area (Å²) in [5, 5.41) is 11.1. The molecule has 0 spiro atoms. The molecule has 1 rings (SSSR count). The Balaban J connectivity index is 2.87. The Morgan fingerprint density at radius 2 is 1.84 bits per heavy atom. The van der Waals surface area contributed by atoms with Gasteiger partial charge in [0.25, 0.3) is 0 Å². The lowest BCUT2D eigenvalue weighted by Gasteiger charge is -2.13. The lowest BCUT2D eigenvalue weighted by Crippen LogP contribution is -2.41. The second-order valence-corrected chi connectivity index (χ2v) is 5.22. The number of carbonyl (C=O) groups excluding carboxylic acids is 1. The van der Waals surface area contributed by atoms with Gasteiger partial charge in [0, 0.05) is 13.3 Å². The zero-order chi connectivity index (χ0) is 14.6. The van der Waals surface area contributed by atoms with Gasteiger partial charge in [-0.15, -0.1) is 3.89 Å². The number of carboxylic acids is 1. The quantitative estimate of drug-likeness (QED) is 0.768. The van der Waals surface area contributed by atoms with Crippen molar-refractivity contribution >= 4 is 22.1 Å². The number of aliphatic carboxylic acids is 1. The Morgan fingerprint density at radius 3 is 2.21 bits per heavy atom. The van der Waals surface area contributed by atoms with Crippen molar-refractivity contribution in [3.8, 4) is 0 Å². The van der Waals surface area contributed by atoms with Crippen molar-refractivity contribution in [1.82, 2.24) is 5.32 Å². The van der Waals surface area contributed by atoms with Crippen LogP contribution in [0.2, 0.25) is 0 Å². The molecule has 1 atom stereocenters. The van der Waals surface area contributed by atoms with Crippen LogP contribution in [0.3, 0.4) is 0 Å². The minimum absolute atomic E-state index is 0.0263. The lowest BCUT2D eigenvalue weighted by atomic mass is 10.1. The molecule has 0 aliphatic heterocycles. The average Bonchev–Trinajstić information content (AvgIpc) is 2.27. The van der Waals surface area contributed by atoms with Gasteiger partial charge in [-0.25, -0.2) is 4.79 Å². The molecule has 6 nitrogen and oxygen atoms in total. The van der Waals surface area contributed by atoms with E-state index in [1.54, 1.807) is 0 Å². The first-order chi connectivity index (χ1) is 8.70. The van der Waals surface area contributed by atoms with Gasteiger partial charge in [-0.2, -0.15) is 8.42 Å². The van der Waals surface area contributed by atoms with Crippen LogP contribution in [0.1, 0.15) is 12.5 Å². The number of hydrogen-bond donors (Lipinski definition) is 2. The van der Waals surface area contributed by atoms with E-state index in [1.807, 2.05) is 0 Å². The number of carboxylic acid groups (broad SMARTS) is 1. The number of carbonyl (C=O) groups is 2. The van der Waals surface area contributed by atoms with Crippen LogP contribution in [0, 0.1) is 0 Å². The minimum atomic E-state index is -4.77. The van der Waals surface area contributed by atoms with E-state index in [4.69, 9.17) is 5.11 Å². The smallest absolute Gasteiger partial charge is 0.332 e. The van der Waals surface area contributed by atoms with Crippen LogP contribution in [0.5, 0.6) is 0 Å². The maximum atomic E-state index is 12.6. The summed E-state index contributed by atoms with van der Waals surface area (Å²) >= 11 is 0. The normalized spacial score (nSPS) is 12.7. The average molecular weight is 289 g/mol. The van der Waals surface area contributed by atoms with Crippen molar-refractivity contribution in [1.29, 1.82) is 0 Å². The highest BCUT2D eigenvalue weighted by molar-refractivity contribution is 7.86. The van der Waals surface area contributed by atoms with Crippen LogP contribution in [0.25, 0.3) is 0 Å². The predicted molar refractivity (Wildman–Crippen MR) is 63.7 cm³/mol. The summed E-state index contributed by atoms with van der Waals surface area (Å²) in [5.41, 5.74) is 0.466. The van der Waals surface area contributed by atoms with Gasteiger partial charge < -0.3 is 10.4 Å². The molecule has 0 heterocycles. The number of hydrogen-bond acceptors (Lipinski definition) is 4. The van der Waals surface area contributed by atoms with Crippen molar-refractivity contribution < 1.29 is 27.0 Å². The van der Waals surface area contributed by atoms with Crippen LogP contribution >= 0.6 is 0 Å². The highest BCUT2D eigenvalue weighted by atomic mass is 32.3. The fourth-order valence-electron chi connectivity index (χ4n) is 1.47. The van der Waals surface area contributed by atoms with Crippen LogP contribution in [-0.4, -0.2) is 31.4 Å². The molecule has 0 bridgehead atoms. The molecule has 19 heavy (non-hydrogen) atoms. The molecule has 104 valence electrons. The predicted octanol–water partition coefficient (Wildman–Crippen LogP) is 0.477. The Labute approximate surface area is 109 Å². The van der Waals surface area contributed by atoms with Gasteiger partial charge in [0.1, 0.15) is 6.04 Å². The zero-order valence-corrected chi connectivity index (χ0v) is 10.8. The first-order valence-electron chi connectivity index (χ1n) is 5.23. The monoisotopic (exact) mass is 289 g/mol. The standard InChI is InChI=1S/C11H12FNO5S/c1-7(14)13-10(11(15)16)6-8-2-4-9(5-3-8)19(12,17)18/h2-5,10H,6H2,1H3,(H,13,14)(H,15,16)/t10-/m0/s1. The molecule has 0 saturated heterocycles. The van der Waals surface area contributed by atoms with E-state index >= 15 is 0 Å². The molecule has 0 aliphatic carbocycles. The van der Waals surface area contributed by atoms with Gasteiger partial charge in [0.05, 0.1) is 4.90 Å². The van der Waals surface area contributed by atoms with E-state index < -0.39 is 33.0 Å². The Kier molecular flexibility index (Phi) is 4.60. The summed E-state index contributed by atoms with van der Waals surface area (Å²) in [4.78, 5) is 21.2. The van der Waals surface area contributed by atoms with E-state index in [2.05, 4.69) is 5.32 Å². The van der Waals surface area contributed by atoms with Crippen LogP contribution < -0.4 is 5.32 Å². The molecule has 1 aromatic carbocycles. The Bertz CT molecular complexity index is 582. The number of benzene rings is 1. The van der Waals surface area contributed by atoms with Gasteiger partial charge >= 0.3 is 16.2 Å². The molecule has 1 aromatic rings. The Hall–Kier alpha value is -1.96. The molecule has 0 unspecified atom stereocenters. The summed E-state index contributed by atoms with van der Waals surface area (Å²) in [6, 6.07) is 3.55. The number of nitrogens with one attached hydrogen (secondary N) is 1. The topological polar surface area (TPSA) is 101 Å². The van der Waals surface area contributed by atoms with Crippen LogP contribution in [0.4, 0.5) is 3.89 Å². The number of rotatable bonds is 5. The summed E-state index contributed by atoms with van der Waals surface area (Å²) in [7, 11) is -4.77. The van der Waals surface area contributed by atoms with E-state index in [-0.39, 0.29) is 6.42 Å². The largest absolute Gasteiger partial charge is 0.480 e. The van der Waals surface area contributed by atoms with E-state index in [0.717, 1.165) is 12.1 Å². The van der Waals surface area contributed by atoms with Crippen molar-refractivity contribution in [3.63, 3.8) is 0 Å². The molecular weight excluding hydrogens is 277 g/mol. The van der Waals surface area contributed by atoms with Gasteiger partial charge in [-0.05, 0) is 17.7 Å². The number of amides is 1. The Morgan fingerprint density at radius 1 is 1.32 bits per heavy atom. The zero-order valence-electron chi connectivity index (χ0n) is 9.96. The summed E-state index contributed by atoms with van der Waals surface area (Å²) < 4.78 is 33.8. The van der Waals surface area contributed by atoms with Crippen molar-refractivity contribution in [3.05, 3.63) is 29.8 Å². The molecule has 8 heteroatoms. The van der Waals surface area contributed by atoms with E-state index in [9.17, 15) is 21.9 Å². The summed E-state index contributed by atoms with van der Waals surface area (Å²) in [5.74, 6) is -1.70. The highest BCUT2D eigenvalue weighted by Gasteiger charge is 2.19. The van der Waals surface area contributed by atoms with Gasteiger partial charge in [0.15, 0.2) is 0 Å². The van der Waals surface area contributed by atoms with Gasteiger partial charge in [-0.1, -0.05) is 12.1 Å². The minimum Gasteiger partial charge on any atom is -0.480 e. The van der Waals surface area contributed by atoms with Crippen LogP contribution in [0.15, 0.2) is 29.2 Å². The second-order valence-electron chi connectivity index (χ2n) is 3.88. The maximum Gasteiger partial charge on any atom is 0.332 e. The van der Waals surface area contributed by atoms with Crippen molar-refractivity contribution in [2.75, 3.05) is 0 Å². The third kappa shape index (κ3) is 4.66. The molecule has 0 fully saturated rings. The molecule has 0 aliphatic rings. The van der Waals surface area contributed by atoms with Gasteiger partial charge in [0.2, 0.25) is 5.91 Å². The maximum absolute atomic E-state index is 12.6. The third-order valence-electron chi connectivity index (χ3n) is 2.32. The van der Waals surface area contributed by atoms with Crippen LogP contribution in [-0.2, 0) is 26.2 Å². The molecule has 1 amide bonds. The van der Waals surface area contributed by atoms with E-state index in [0.29, 0.717) is 5.56 Å². The first-order valence-corrected chi connectivity index (χ1v) is 6.62. The van der Waals surface area contributed by atoms with Crippen molar-refractivity contribution in [2.24, 2.45) is 0 Å². The van der Waals surface area contributed by atoms with Crippen molar-refractivity contribution in [2.45, 2.75) is 24.3 Å². The molecule has 0 radical (unpaired) electrons. The number of halogens is 1. The second kappa shape index (κ2) is 5.79.